The van der Waals surface area contributed by atoms with Gasteiger partial charge in [-0.05, 0) is 0 Å². The predicted molar refractivity (Wildman–Crippen MR) is 57.3 cm³/mol. The van der Waals surface area contributed by atoms with Gasteiger partial charge in [-0.1, -0.05) is 0 Å². The van der Waals surface area contributed by atoms with Crippen molar-refractivity contribution in [1.29, 1.82) is 0 Å². The van der Waals surface area contributed by atoms with Crippen LogP contribution in [-0.2, 0) is 10.1 Å². The zero-order valence-corrected chi connectivity index (χ0v) is 8.36. The van der Waals surface area contributed by atoms with Crippen LogP contribution in [0, 0.1) is 23.3 Å². The van der Waals surface area contributed by atoms with Gasteiger partial charge in [0.15, 0.2) is 28.2 Å². The minimum atomic E-state index is -5.57. The fourth-order valence-corrected chi connectivity index (χ4v) is 1.80. The monoisotopic (exact) mass is 290 g/mol. The van der Waals surface area contributed by atoms with Gasteiger partial charge in [0, 0.05) is 0 Å². The second-order valence-corrected chi connectivity index (χ2v) is 4.10. The van der Waals surface area contributed by atoms with Crippen molar-refractivity contribution >= 4 is 53.8 Å². The molecule has 0 atom stereocenters. The van der Waals surface area contributed by atoms with Crippen LogP contribution in [-0.4, -0.2) is 61.8 Å². The fraction of sp³-hybridized carbons (Fsp3) is 0. The Kier molecular flexibility index (Phi) is 7.45. The van der Waals surface area contributed by atoms with Crippen LogP contribution < -0.4 is 0 Å². The molecule has 0 aliphatic carbocycles. The summed E-state index contributed by atoms with van der Waals surface area (Å²) in [4.78, 5) is 8.27. The second-order valence-electron chi connectivity index (χ2n) is 2.74. The summed E-state index contributed by atoms with van der Waals surface area (Å²) in [6.45, 7) is 0. The third-order valence-electron chi connectivity index (χ3n) is 1.70. The number of hydrogen-bond donors (Lipinski definition) is 2. The number of benzene rings is 1. The zero-order chi connectivity index (χ0) is 13.5. The summed E-state index contributed by atoms with van der Waals surface area (Å²) in [6.07, 6.45) is 0. The van der Waals surface area contributed by atoms with E-state index in [1.807, 2.05) is 0 Å². The minimum absolute atomic E-state index is 0. The van der Waals surface area contributed by atoms with Gasteiger partial charge in [0.25, 0.3) is 10.1 Å². The van der Waals surface area contributed by atoms with Crippen molar-refractivity contribution in [2.24, 2.45) is 0 Å². The molecule has 0 aliphatic rings. The van der Waals surface area contributed by atoms with Crippen molar-refractivity contribution in [3.63, 3.8) is 0 Å². The van der Waals surface area contributed by atoms with Gasteiger partial charge in [0.2, 0.25) is 0 Å². The van der Waals surface area contributed by atoms with Crippen molar-refractivity contribution in [3.8, 4) is 0 Å². The molecule has 0 saturated heterocycles. The van der Waals surface area contributed by atoms with E-state index < -0.39 is 49.8 Å². The number of carbonyl (C=O) groups is 1. The Morgan fingerprint density at radius 3 is 1.58 bits per heavy atom. The van der Waals surface area contributed by atoms with Gasteiger partial charge in [-0.25, -0.2) is 22.4 Å². The van der Waals surface area contributed by atoms with Crippen LogP contribution in [0.25, 0.3) is 0 Å². The van der Waals surface area contributed by atoms with Gasteiger partial charge in [-0.2, -0.15) is 8.42 Å². The Bertz CT molecular complexity index is 619. The fourth-order valence-electron chi connectivity index (χ4n) is 1.04. The average Bonchev–Trinajstić information content (AvgIpc) is 2.17. The second kappa shape index (κ2) is 6.79. The molecule has 0 aliphatic heterocycles. The van der Waals surface area contributed by atoms with E-state index in [4.69, 9.17) is 9.66 Å². The van der Waals surface area contributed by atoms with E-state index in [9.17, 15) is 30.8 Å². The molecule has 5 nitrogen and oxygen atoms in total. The standard InChI is InChI=1S/C7H2F4O5S.2Li.2H/c8-2-1(7(12)13)6(17(14,15)16)5(11)4(10)3(2)9;;;;/h(H,12,13)(H,14,15,16);;;;. The quantitative estimate of drug-likeness (QED) is 0.261. The average molecular weight is 290 g/mol. The predicted octanol–water partition coefficient (Wildman–Crippen LogP) is -0.109. The van der Waals surface area contributed by atoms with Crippen LogP contribution in [0.2, 0.25) is 0 Å². The molecule has 2 N–H and O–H groups in total. The molecule has 1 aromatic carbocycles. The number of carboxylic acids is 1. The summed E-state index contributed by atoms with van der Waals surface area (Å²) < 4.78 is 80.9. The van der Waals surface area contributed by atoms with Crippen LogP contribution in [0.4, 0.5) is 17.6 Å². The molecule has 0 heterocycles. The third-order valence-corrected chi connectivity index (χ3v) is 2.60. The molecule has 0 spiro atoms. The summed E-state index contributed by atoms with van der Waals surface area (Å²) in [6, 6.07) is 0. The molecule has 12 heteroatoms. The summed E-state index contributed by atoms with van der Waals surface area (Å²) >= 11 is 0. The zero-order valence-electron chi connectivity index (χ0n) is 7.54. The molecule has 0 unspecified atom stereocenters. The van der Waals surface area contributed by atoms with E-state index in [1.54, 1.807) is 0 Å². The number of halogens is 4. The first-order valence-corrected chi connectivity index (χ1v) is 5.09. The molecule has 0 bridgehead atoms. The van der Waals surface area contributed by atoms with E-state index in [0.29, 0.717) is 0 Å². The number of aromatic carboxylic acids is 1. The topological polar surface area (TPSA) is 91.7 Å². The van der Waals surface area contributed by atoms with Crippen LogP contribution in [0.1, 0.15) is 10.4 Å². The first-order valence-electron chi connectivity index (χ1n) is 3.65. The van der Waals surface area contributed by atoms with Gasteiger partial charge in [-0.15, -0.1) is 0 Å². The van der Waals surface area contributed by atoms with Gasteiger partial charge in [0.05, 0.1) is 0 Å². The first kappa shape index (κ1) is 20.8. The van der Waals surface area contributed by atoms with Crippen molar-refractivity contribution in [2.45, 2.75) is 4.90 Å². The molecular weight excluding hydrogens is 286 g/mol. The Morgan fingerprint density at radius 1 is 0.895 bits per heavy atom. The van der Waals surface area contributed by atoms with Gasteiger partial charge in [-0.3, -0.25) is 4.55 Å². The molecule has 0 saturated carbocycles. The van der Waals surface area contributed by atoms with Crippen LogP contribution in [0.5, 0.6) is 0 Å². The summed E-state index contributed by atoms with van der Waals surface area (Å²) in [7, 11) is -5.57. The molecule has 0 radical (unpaired) electrons. The molecule has 0 amide bonds. The SMILES string of the molecule is O=C(O)c1c(F)c(F)c(F)c(F)c1S(=O)(=O)O.[LiH].[LiH]. The number of rotatable bonds is 2. The number of carboxylic acid groups (broad SMARTS) is 1. The van der Waals surface area contributed by atoms with Crippen molar-refractivity contribution in [3.05, 3.63) is 28.8 Å². The molecule has 0 aromatic heterocycles. The van der Waals surface area contributed by atoms with Gasteiger partial charge >= 0.3 is 43.7 Å². The normalized spacial score (nSPS) is 10.4. The van der Waals surface area contributed by atoms with E-state index in [-0.39, 0.29) is 37.7 Å². The molecule has 19 heavy (non-hydrogen) atoms. The van der Waals surface area contributed by atoms with Gasteiger partial charge in [0.1, 0.15) is 5.56 Å². The maximum absolute atomic E-state index is 13.0. The molecule has 1 rings (SSSR count). The van der Waals surface area contributed by atoms with Crippen LogP contribution >= 0.6 is 0 Å². The molecule has 98 valence electrons. The Labute approximate surface area is 128 Å². The Morgan fingerprint density at radius 2 is 1.26 bits per heavy atom. The van der Waals surface area contributed by atoms with Crippen molar-refractivity contribution < 1.29 is 40.4 Å². The maximum atomic E-state index is 13.0. The van der Waals surface area contributed by atoms with Gasteiger partial charge < -0.3 is 5.11 Å². The van der Waals surface area contributed by atoms with Crippen LogP contribution in [0.15, 0.2) is 4.90 Å². The summed E-state index contributed by atoms with van der Waals surface area (Å²) in [5.74, 6) is -12.4. The van der Waals surface area contributed by atoms with E-state index in [2.05, 4.69) is 0 Å². The van der Waals surface area contributed by atoms with E-state index in [0.717, 1.165) is 0 Å². The first-order chi connectivity index (χ1) is 7.59. The summed E-state index contributed by atoms with van der Waals surface area (Å²) in [5, 5.41) is 8.38. The number of hydrogen-bond acceptors (Lipinski definition) is 3. The van der Waals surface area contributed by atoms with Crippen molar-refractivity contribution in [2.75, 3.05) is 0 Å². The summed E-state index contributed by atoms with van der Waals surface area (Å²) in [5.41, 5.74) is -2.01. The van der Waals surface area contributed by atoms with Crippen LogP contribution in [0.3, 0.4) is 0 Å². The molecule has 1 aromatic rings. The molecular formula is C7H4F4Li2O5S. The molecule has 0 fully saturated rings. The Balaban J connectivity index is 0. The Hall–Kier alpha value is -0.485. The van der Waals surface area contributed by atoms with E-state index >= 15 is 0 Å². The van der Waals surface area contributed by atoms with E-state index in [1.165, 1.54) is 0 Å². The third kappa shape index (κ3) is 3.75. The van der Waals surface area contributed by atoms with Crippen molar-refractivity contribution in [1.82, 2.24) is 0 Å².